The van der Waals surface area contributed by atoms with E-state index in [0.29, 0.717) is 18.4 Å². The fraction of sp³-hybridized carbons (Fsp3) is 0.364. The van der Waals surface area contributed by atoms with Crippen LogP contribution in [-0.4, -0.2) is 11.6 Å². The highest BCUT2D eigenvalue weighted by molar-refractivity contribution is 5.90. The lowest BCUT2D eigenvalue weighted by molar-refractivity contribution is -0.146. The van der Waals surface area contributed by atoms with Crippen LogP contribution in [0, 0.1) is 0 Å². The summed E-state index contributed by atoms with van der Waals surface area (Å²) in [5.74, 6) is -0.233. The van der Waals surface area contributed by atoms with E-state index in [0.717, 1.165) is 0 Å². The van der Waals surface area contributed by atoms with Crippen molar-refractivity contribution in [3.05, 3.63) is 37.0 Å². The van der Waals surface area contributed by atoms with Gasteiger partial charge in [-0.1, -0.05) is 12.2 Å². The van der Waals surface area contributed by atoms with Crippen molar-refractivity contribution in [1.29, 1.82) is 0 Å². The normalized spacial score (nSPS) is 19.2. The van der Waals surface area contributed by atoms with E-state index in [1.54, 1.807) is 19.1 Å². The summed E-state index contributed by atoms with van der Waals surface area (Å²) in [5, 5.41) is 0. The zero-order valence-electron chi connectivity index (χ0n) is 7.88. The molecule has 2 heteroatoms. The van der Waals surface area contributed by atoms with Crippen LogP contribution in [0.15, 0.2) is 37.0 Å². The number of rotatable bonds is 4. The molecule has 1 heterocycles. The second-order valence-corrected chi connectivity index (χ2v) is 3.27. The van der Waals surface area contributed by atoms with Crippen LogP contribution in [0.2, 0.25) is 0 Å². The minimum Gasteiger partial charge on any atom is -0.451 e. The molecule has 0 saturated heterocycles. The Morgan fingerprint density at radius 3 is 2.31 bits per heavy atom. The number of carbonyl (C=O) groups excluding carboxylic acids is 1. The van der Waals surface area contributed by atoms with Crippen LogP contribution in [0.1, 0.15) is 19.8 Å². The number of hydrogen-bond donors (Lipinski definition) is 0. The molecule has 0 saturated carbocycles. The molecule has 0 aromatic carbocycles. The Bertz CT molecular complexity index is 264. The second-order valence-electron chi connectivity index (χ2n) is 3.27. The van der Waals surface area contributed by atoms with Crippen molar-refractivity contribution >= 4 is 5.97 Å². The van der Waals surface area contributed by atoms with Gasteiger partial charge in [-0.2, -0.15) is 0 Å². The van der Waals surface area contributed by atoms with Crippen LogP contribution in [0.25, 0.3) is 0 Å². The molecule has 0 spiro atoms. The van der Waals surface area contributed by atoms with Crippen molar-refractivity contribution in [3.8, 4) is 0 Å². The molecule has 0 aliphatic carbocycles. The predicted octanol–water partition coefficient (Wildman–Crippen LogP) is 2.38. The van der Waals surface area contributed by atoms with Crippen LogP contribution in [0.4, 0.5) is 0 Å². The maximum Gasteiger partial charge on any atom is 0.334 e. The van der Waals surface area contributed by atoms with Gasteiger partial charge in [0.05, 0.1) is 0 Å². The summed E-state index contributed by atoms with van der Waals surface area (Å²) in [4.78, 5) is 11.2. The molecule has 0 N–H and O–H groups in total. The fourth-order valence-electron chi connectivity index (χ4n) is 1.52. The summed E-state index contributed by atoms with van der Waals surface area (Å²) in [6.45, 7) is 9.05. The van der Waals surface area contributed by atoms with Gasteiger partial charge in [-0.05, 0) is 13.0 Å². The summed E-state index contributed by atoms with van der Waals surface area (Å²) in [6, 6.07) is 0. The molecular weight excluding hydrogens is 164 g/mol. The molecule has 0 aromatic rings. The minimum atomic E-state index is -0.509. The van der Waals surface area contributed by atoms with Gasteiger partial charge in [0, 0.05) is 18.4 Å². The van der Waals surface area contributed by atoms with Gasteiger partial charge < -0.3 is 4.74 Å². The zero-order chi connectivity index (χ0) is 9.90. The van der Waals surface area contributed by atoms with Crippen molar-refractivity contribution < 1.29 is 9.53 Å². The van der Waals surface area contributed by atoms with Crippen LogP contribution >= 0.6 is 0 Å². The SMILES string of the molecule is C=CCC1(CC=C)C=C(C)C(=O)O1. The van der Waals surface area contributed by atoms with Crippen molar-refractivity contribution in [2.45, 2.75) is 25.4 Å². The Balaban J connectivity index is 2.88. The first-order valence-electron chi connectivity index (χ1n) is 4.28. The fourth-order valence-corrected chi connectivity index (χ4v) is 1.52. The Kier molecular flexibility index (Phi) is 2.71. The average molecular weight is 178 g/mol. The molecule has 13 heavy (non-hydrogen) atoms. The third-order valence-corrected chi connectivity index (χ3v) is 2.08. The van der Waals surface area contributed by atoms with Crippen molar-refractivity contribution in [3.63, 3.8) is 0 Å². The van der Waals surface area contributed by atoms with E-state index in [4.69, 9.17) is 4.74 Å². The Labute approximate surface area is 78.6 Å². The summed E-state index contributed by atoms with van der Waals surface area (Å²) in [6.07, 6.45) is 6.65. The lowest BCUT2D eigenvalue weighted by atomic mass is 9.95. The number of carbonyl (C=O) groups is 1. The number of esters is 1. The lowest BCUT2D eigenvalue weighted by Crippen LogP contribution is -2.26. The average Bonchev–Trinajstić information content (AvgIpc) is 2.29. The van der Waals surface area contributed by atoms with Crippen LogP contribution in [0.5, 0.6) is 0 Å². The van der Waals surface area contributed by atoms with Gasteiger partial charge >= 0.3 is 5.97 Å². The predicted molar refractivity (Wildman–Crippen MR) is 52.2 cm³/mol. The zero-order valence-corrected chi connectivity index (χ0v) is 7.88. The van der Waals surface area contributed by atoms with Gasteiger partial charge in [-0.15, -0.1) is 13.2 Å². The Hall–Kier alpha value is -1.31. The molecule has 1 rings (SSSR count). The highest BCUT2D eigenvalue weighted by atomic mass is 16.6. The monoisotopic (exact) mass is 178 g/mol. The van der Waals surface area contributed by atoms with Gasteiger partial charge in [0.15, 0.2) is 0 Å². The molecule has 0 aromatic heterocycles. The van der Waals surface area contributed by atoms with E-state index in [2.05, 4.69) is 13.2 Å². The maximum absolute atomic E-state index is 11.2. The van der Waals surface area contributed by atoms with Crippen LogP contribution in [0.3, 0.4) is 0 Å². The first kappa shape index (κ1) is 9.78. The molecule has 0 unspecified atom stereocenters. The van der Waals surface area contributed by atoms with E-state index < -0.39 is 5.60 Å². The quantitative estimate of drug-likeness (QED) is 0.488. The minimum absolute atomic E-state index is 0.233. The summed E-state index contributed by atoms with van der Waals surface area (Å²) in [7, 11) is 0. The van der Waals surface area contributed by atoms with E-state index in [9.17, 15) is 4.79 Å². The molecule has 0 radical (unpaired) electrons. The van der Waals surface area contributed by atoms with Crippen molar-refractivity contribution in [2.24, 2.45) is 0 Å². The summed E-state index contributed by atoms with van der Waals surface area (Å²) in [5.41, 5.74) is 0.161. The smallest absolute Gasteiger partial charge is 0.334 e. The molecule has 0 atom stereocenters. The van der Waals surface area contributed by atoms with Gasteiger partial charge in [-0.25, -0.2) is 4.79 Å². The number of hydrogen-bond acceptors (Lipinski definition) is 2. The summed E-state index contributed by atoms with van der Waals surface area (Å²) >= 11 is 0. The standard InChI is InChI=1S/C11H14O2/c1-4-6-11(7-5-2)8-9(3)10(12)13-11/h4-5,8H,1-2,6-7H2,3H3. The van der Waals surface area contributed by atoms with Gasteiger partial charge in [0.1, 0.15) is 5.60 Å². The molecule has 1 aliphatic rings. The number of cyclic esters (lactones) is 1. The van der Waals surface area contributed by atoms with E-state index >= 15 is 0 Å². The molecule has 0 fully saturated rings. The third kappa shape index (κ3) is 1.89. The lowest BCUT2D eigenvalue weighted by Gasteiger charge is -2.23. The molecule has 0 bridgehead atoms. The maximum atomic E-state index is 11.2. The molecule has 1 aliphatic heterocycles. The van der Waals surface area contributed by atoms with Gasteiger partial charge in [0.25, 0.3) is 0 Å². The first-order valence-corrected chi connectivity index (χ1v) is 4.28. The molecular formula is C11H14O2. The molecule has 0 amide bonds. The Morgan fingerprint density at radius 2 is 2.00 bits per heavy atom. The second kappa shape index (κ2) is 3.60. The number of ether oxygens (including phenoxy) is 1. The highest BCUT2D eigenvalue weighted by Crippen LogP contribution is 2.31. The first-order chi connectivity index (χ1) is 6.13. The molecule has 2 nitrogen and oxygen atoms in total. The largest absolute Gasteiger partial charge is 0.451 e. The van der Waals surface area contributed by atoms with E-state index in [-0.39, 0.29) is 5.97 Å². The highest BCUT2D eigenvalue weighted by Gasteiger charge is 2.36. The van der Waals surface area contributed by atoms with Gasteiger partial charge in [0.2, 0.25) is 0 Å². The Morgan fingerprint density at radius 1 is 1.46 bits per heavy atom. The van der Waals surface area contributed by atoms with Crippen molar-refractivity contribution in [2.75, 3.05) is 0 Å². The van der Waals surface area contributed by atoms with Crippen molar-refractivity contribution in [1.82, 2.24) is 0 Å². The topological polar surface area (TPSA) is 26.3 Å². The summed E-state index contributed by atoms with van der Waals surface area (Å²) < 4.78 is 5.27. The van der Waals surface area contributed by atoms with Gasteiger partial charge in [-0.3, -0.25) is 0 Å². The van der Waals surface area contributed by atoms with E-state index in [1.807, 2.05) is 6.08 Å². The third-order valence-electron chi connectivity index (χ3n) is 2.08. The van der Waals surface area contributed by atoms with Crippen LogP contribution in [-0.2, 0) is 9.53 Å². The molecule has 70 valence electrons. The van der Waals surface area contributed by atoms with E-state index in [1.165, 1.54) is 0 Å². The van der Waals surface area contributed by atoms with Crippen LogP contribution < -0.4 is 0 Å².